The third-order valence-electron chi connectivity index (χ3n) is 5.93. The van der Waals surface area contributed by atoms with E-state index < -0.39 is 47.4 Å². The molecule has 0 aliphatic carbocycles. The predicted molar refractivity (Wildman–Crippen MR) is 105 cm³/mol. The lowest BCUT2D eigenvalue weighted by Gasteiger charge is -2.41. The van der Waals surface area contributed by atoms with Gasteiger partial charge in [-0.1, -0.05) is 6.07 Å². The van der Waals surface area contributed by atoms with Gasteiger partial charge in [0.05, 0.1) is 17.8 Å². The van der Waals surface area contributed by atoms with Gasteiger partial charge in [0.15, 0.2) is 6.10 Å². The minimum Gasteiger partial charge on any atom is -0.481 e. The molecule has 1 unspecified atom stereocenters. The number of hydrogen-bond acceptors (Lipinski definition) is 5. The molecule has 2 aliphatic heterocycles. The molecule has 6 nitrogen and oxygen atoms in total. The highest BCUT2D eigenvalue weighted by Gasteiger charge is 2.52. The number of pyridine rings is 1. The summed E-state index contributed by atoms with van der Waals surface area (Å²) in [5.41, 5.74) is -2.04. The Labute approximate surface area is 190 Å². The van der Waals surface area contributed by atoms with Gasteiger partial charge < -0.3 is 19.1 Å². The second kappa shape index (κ2) is 8.73. The van der Waals surface area contributed by atoms with E-state index in [1.165, 1.54) is 4.90 Å². The first-order valence-electron chi connectivity index (χ1n) is 10.3. The van der Waals surface area contributed by atoms with Crippen LogP contribution in [0.4, 0.5) is 26.3 Å². The molecule has 2 aromatic rings. The van der Waals surface area contributed by atoms with E-state index in [1.807, 2.05) is 0 Å². The largest absolute Gasteiger partial charge is 0.481 e. The number of rotatable bonds is 4. The molecule has 0 radical (unpaired) electrons. The van der Waals surface area contributed by atoms with Crippen LogP contribution in [-0.2, 0) is 21.3 Å². The van der Waals surface area contributed by atoms with Gasteiger partial charge in [-0.3, -0.25) is 9.78 Å². The van der Waals surface area contributed by atoms with E-state index in [-0.39, 0.29) is 25.4 Å². The summed E-state index contributed by atoms with van der Waals surface area (Å²) in [7, 11) is 0. The molecule has 0 spiro atoms. The van der Waals surface area contributed by atoms with Crippen molar-refractivity contribution in [3.63, 3.8) is 0 Å². The number of amides is 1. The Kier molecular flexibility index (Phi) is 6.23. The minimum absolute atomic E-state index is 0.0229. The fourth-order valence-corrected chi connectivity index (χ4v) is 4.07. The topological polar surface area (TPSA) is 60.9 Å². The minimum atomic E-state index is -5.03. The number of alkyl halides is 6. The van der Waals surface area contributed by atoms with Gasteiger partial charge in [-0.25, -0.2) is 0 Å². The summed E-state index contributed by atoms with van der Waals surface area (Å²) in [5, 5.41) is 0. The fraction of sp³-hybridized carbons (Fsp3) is 0.455. The number of carbonyl (C=O) groups excluding carboxylic acids is 1. The summed E-state index contributed by atoms with van der Waals surface area (Å²) in [6.07, 6.45) is -11.0. The molecule has 3 atom stereocenters. The predicted octanol–water partition coefficient (Wildman–Crippen LogP) is 4.54. The maximum Gasteiger partial charge on any atom is 0.425 e. The SMILES string of the molecule is CC(Oc1ccc(C(=O)N2CC[C@]3(c4ccccn4)OCO[C@@H]3C2)cc1C(F)(F)F)C(F)(F)F. The van der Waals surface area contributed by atoms with Gasteiger partial charge in [-0.05, 0) is 37.3 Å². The molecule has 1 aromatic carbocycles. The summed E-state index contributed by atoms with van der Waals surface area (Å²) in [4.78, 5) is 18.7. The van der Waals surface area contributed by atoms with E-state index in [1.54, 1.807) is 24.4 Å². The highest BCUT2D eigenvalue weighted by Crippen LogP contribution is 2.42. The van der Waals surface area contributed by atoms with Crippen LogP contribution >= 0.6 is 0 Å². The highest BCUT2D eigenvalue weighted by molar-refractivity contribution is 5.94. The molecule has 0 bridgehead atoms. The molecule has 2 fully saturated rings. The highest BCUT2D eigenvalue weighted by atomic mass is 19.4. The van der Waals surface area contributed by atoms with Crippen molar-refractivity contribution in [2.45, 2.75) is 43.5 Å². The van der Waals surface area contributed by atoms with Crippen LogP contribution in [0.25, 0.3) is 0 Å². The number of fused-ring (bicyclic) bond motifs is 1. The quantitative estimate of drug-likeness (QED) is 0.589. The van der Waals surface area contributed by atoms with Gasteiger partial charge in [-0.2, -0.15) is 26.3 Å². The van der Waals surface area contributed by atoms with Crippen molar-refractivity contribution in [3.05, 3.63) is 59.4 Å². The van der Waals surface area contributed by atoms with E-state index in [4.69, 9.17) is 9.47 Å². The van der Waals surface area contributed by atoms with E-state index in [0.717, 1.165) is 12.1 Å². The molecule has 0 saturated carbocycles. The molecule has 1 aromatic heterocycles. The zero-order valence-corrected chi connectivity index (χ0v) is 17.8. The molecular formula is C22H20F6N2O4. The second-order valence-electron chi connectivity index (χ2n) is 8.03. The molecule has 0 N–H and O–H groups in total. The first-order chi connectivity index (χ1) is 15.9. The molecule has 1 amide bonds. The lowest BCUT2D eigenvalue weighted by Crippen LogP contribution is -2.53. The van der Waals surface area contributed by atoms with Gasteiger partial charge in [-0.15, -0.1) is 0 Å². The van der Waals surface area contributed by atoms with E-state index in [2.05, 4.69) is 9.72 Å². The Balaban J connectivity index is 1.57. The Morgan fingerprint density at radius 3 is 2.62 bits per heavy atom. The van der Waals surface area contributed by atoms with Crippen LogP contribution in [0, 0.1) is 0 Å². The molecule has 2 saturated heterocycles. The number of halogens is 6. The summed E-state index contributed by atoms with van der Waals surface area (Å²) in [6, 6.07) is 7.56. The standard InChI is InChI=1S/C22H20F6N2O4/c1-13(21(23,24)25)34-16-6-5-14(10-15(16)22(26,27)28)19(31)30-9-7-20(17-4-2-3-8-29-17)18(11-30)32-12-33-20/h2-6,8,10,13,18H,7,9,11-12H2,1H3/t13?,18-,20-/m1/s1. The smallest absolute Gasteiger partial charge is 0.425 e. The van der Waals surface area contributed by atoms with Gasteiger partial charge in [0.1, 0.15) is 24.2 Å². The van der Waals surface area contributed by atoms with Crippen LogP contribution in [0.1, 0.15) is 35.0 Å². The maximum atomic E-state index is 13.6. The zero-order valence-electron chi connectivity index (χ0n) is 17.8. The van der Waals surface area contributed by atoms with Crippen molar-refractivity contribution >= 4 is 5.91 Å². The molecule has 184 valence electrons. The average molecular weight is 490 g/mol. The van der Waals surface area contributed by atoms with Gasteiger partial charge in [0, 0.05) is 24.7 Å². The Morgan fingerprint density at radius 2 is 1.97 bits per heavy atom. The van der Waals surface area contributed by atoms with Crippen molar-refractivity contribution in [3.8, 4) is 5.75 Å². The molecule has 12 heteroatoms. The van der Waals surface area contributed by atoms with Crippen LogP contribution in [0.3, 0.4) is 0 Å². The normalized spacial score (nSPS) is 24.0. The van der Waals surface area contributed by atoms with Crippen molar-refractivity contribution in [1.82, 2.24) is 9.88 Å². The lowest BCUT2D eigenvalue weighted by molar-refractivity contribution is -0.191. The summed E-state index contributed by atoms with van der Waals surface area (Å²) < 4.78 is 95.0. The summed E-state index contributed by atoms with van der Waals surface area (Å²) in [6.45, 7) is 0.773. The first-order valence-corrected chi connectivity index (χ1v) is 10.3. The molecular weight excluding hydrogens is 470 g/mol. The van der Waals surface area contributed by atoms with Crippen molar-refractivity contribution in [1.29, 1.82) is 0 Å². The van der Waals surface area contributed by atoms with E-state index >= 15 is 0 Å². The first kappa shape index (κ1) is 24.3. The summed E-state index contributed by atoms with van der Waals surface area (Å²) >= 11 is 0. The van der Waals surface area contributed by atoms with E-state index in [9.17, 15) is 31.1 Å². The third-order valence-corrected chi connectivity index (χ3v) is 5.93. The molecule has 4 rings (SSSR count). The molecule has 3 heterocycles. The Bertz CT molecular complexity index is 1050. The monoisotopic (exact) mass is 490 g/mol. The Morgan fingerprint density at radius 1 is 1.21 bits per heavy atom. The average Bonchev–Trinajstić information content (AvgIpc) is 3.22. The number of benzene rings is 1. The second-order valence-corrected chi connectivity index (χ2v) is 8.03. The van der Waals surface area contributed by atoms with Gasteiger partial charge in [0.2, 0.25) is 0 Å². The van der Waals surface area contributed by atoms with Crippen LogP contribution in [0.15, 0.2) is 42.6 Å². The number of aromatic nitrogens is 1. The van der Waals surface area contributed by atoms with E-state index in [0.29, 0.717) is 25.1 Å². The zero-order chi connectivity index (χ0) is 24.7. The van der Waals surface area contributed by atoms with Gasteiger partial charge in [0.25, 0.3) is 5.91 Å². The van der Waals surface area contributed by atoms with Crippen molar-refractivity contribution < 1.29 is 45.3 Å². The number of carbonyl (C=O) groups is 1. The van der Waals surface area contributed by atoms with Crippen LogP contribution in [-0.4, -0.2) is 54.1 Å². The third kappa shape index (κ3) is 4.56. The lowest BCUT2D eigenvalue weighted by atomic mass is 9.85. The summed E-state index contributed by atoms with van der Waals surface area (Å²) in [5.74, 6) is -1.72. The number of ether oxygens (including phenoxy) is 3. The van der Waals surface area contributed by atoms with Crippen molar-refractivity contribution in [2.24, 2.45) is 0 Å². The molecule has 34 heavy (non-hydrogen) atoms. The fourth-order valence-electron chi connectivity index (χ4n) is 4.07. The number of piperidine rings is 1. The van der Waals surface area contributed by atoms with Gasteiger partial charge >= 0.3 is 12.4 Å². The number of nitrogens with zero attached hydrogens (tertiary/aromatic N) is 2. The van der Waals surface area contributed by atoms with Crippen molar-refractivity contribution in [2.75, 3.05) is 19.9 Å². The number of hydrogen-bond donors (Lipinski definition) is 0. The van der Waals surface area contributed by atoms with Crippen LogP contribution < -0.4 is 4.74 Å². The maximum absolute atomic E-state index is 13.6. The Hall–Kier alpha value is -2.86. The molecule has 2 aliphatic rings. The van der Waals surface area contributed by atoms with Crippen LogP contribution in [0.5, 0.6) is 5.75 Å². The number of likely N-dealkylation sites (tertiary alicyclic amines) is 1. The van der Waals surface area contributed by atoms with Crippen LogP contribution in [0.2, 0.25) is 0 Å².